The van der Waals surface area contributed by atoms with Crippen molar-refractivity contribution in [2.75, 3.05) is 12.4 Å². The predicted octanol–water partition coefficient (Wildman–Crippen LogP) is 1.54. The molecule has 11 heteroatoms. The second-order valence-electron chi connectivity index (χ2n) is 7.47. The van der Waals surface area contributed by atoms with Gasteiger partial charge in [0, 0.05) is 36.2 Å². The highest BCUT2D eigenvalue weighted by molar-refractivity contribution is 7.13. The molecule has 1 aliphatic heterocycles. The first-order valence-corrected chi connectivity index (χ1v) is 10.8. The van der Waals surface area contributed by atoms with Crippen LogP contribution >= 0.6 is 22.9 Å². The Hall–Kier alpha value is -2.56. The molecule has 3 heterocycles. The van der Waals surface area contributed by atoms with Crippen LogP contribution in [0.3, 0.4) is 0 Å². The van der Waals surface area contributed by atoms with Crippen molar-refractivity contribution in [3.05, 3.63) is 38.9 Å². The summed E-state index contributed by atoms with van der Waals surface area (Å²) in [4.78, 5) is 48.7. The SMILES string of the molecule is CN1Cc2nc(C(=O)N[C@@H]3CCC[C@H]3NC(=O)C(=O)Nc3ccc(Cl)cn3)sc2C1. The highest BCUT2D eigenvalue weighted by atomic mass is 35.5. The molecule has 4 rings (SSSR count). The molecule has 2 atom stereocenters. The van der Waals surface area contributed by atoms with E-state index in [9.17, 15) is 14.4 Å². The fourth-order valence-corrected chi connectivity index (χ4v) is 4.84. The maximum Gasteiger partial charge on any atom is 0.314 e. The first-order chi connectivity index (χ1) is 14.4. The van der Waals surface area contributed by atoms with Crippen LogP contribution in [0.25, 0.3) is 0 Å². The number of rotatable bonds is 4. The van der Waals surface area contributed by atoms with Crippen molar-refractivity contribution in [1.29, 1.82) is 0 Å². The van der Waals surface area contributed by atoms with E-state index >= 15 is 0 Å². The smallest absolute Gasteiger partial charge is 0.314 e. The van der Waals surface area contributed by atoms with Gasteiger partial charge in [-0.3, -0.25) is 19.3 Å². The van der Waals surface area contributed by atoms with Crippen molar-refractivity contribution in [2.45, 2.75) is 44.4 Å². The van der Waals surface area contributed by atoms with Crippen LogP contribution in [0.15, 0.2) is 18.3 Å². The predicted molar refractivity (Wildman–Crippen MR) is 112 cm³/mol. The fraction of sp³-hybridized carbons (Fsp3) is 0.421. The van der Waals surface area contributed by atoms with Gasteiger partial charge in [0.1, 0.15) is 5.82 Å². The summed E-state index contributed by atoms with van der Waals surface area (Å²) in [6, 6.07) is 2.51. The quantitative estimate of drug-likeness (QED) is 0.611. The molecule has 1 fully saturated rings. The molecule has 3 N–H and O–H groups in total. The van der Waals surface area contributed by atoms with Gasteiger partial charge in [0.2, 0.25) is 0 Å². The first kappa shape index (κ1) is 20.7. The van der Waals surface area contributed by atoms with Gasteiger partial charge in [-0.25, -0.2) is 9.97 Å². The van der Waals surface area contributed by atoms with Gasteiger partial charge in [-0.15, -0.1) is 11.3 Å². The number of hydrogen-bond donors (Lipinski definition) is 3. The van der Waals surface area contributed by atoms with Gasteiger partial charge in [0.25, 0.3) is 5.91 Å². The molecule has 3 amide bonds. The topological polar surface area (TPSA) is 116 Å². The van der Waals surface area contributed by atoms with Crippen molar-refractivity contribution < 1.29 is 14.4 Å². The van der Waals surface area contributed by atoms with Gasteiger partial charge in [-0.2, -0.15) is 0 Å². The maximum atomic E-state index is 12.6. The number of nitrogens with zero attached hydrogens (tertiary/aromatic N) is 3. The van der Waals surface area contributed by atoms with Crippen LogP contribution in [0, 0.1) is 0 Å². The van der Waals surface area contributed by atoms with Gasteiger partial charge in [-0.05, 0) is 38.4 Å². The molecule has 1 aliphatic carbocycles. The number of hydrogen-bond acceptors (Lipinski definition) is 7. The van der Waals surface area contributed by atoms with Crippen LogP contribution in [0.4, 0.5) is 5.82 Å². The van der Waals surface area contributed by atoms with Crippen molar-refractivity contribution >= 4 is 46.5 Å². The summed E-state index contributed by atoms with van der Waals surface area (Å²) in [5.74, 6) is -1.59. The lowest BCUT2D eigenvalue weighted by molar-refractivity contribution is -0.136. The molecule has 0 radical (unpaired) electrons. The van der Waals surface area contributed by atoms with Gasteiger partial charge in [0.05, 0.1) is 10.7 Å². The zero-order chi connectivity index (χ0) is 21.3. The molecule has 30 heavy (non-hydrogen) atoms. The van der Waals surface area contributed by atoms with Gasteiger partial charge < -0.3 is 16.0 Å². The van der Waals surface area contributed by atoms with E-state index in [-0.39, 0.29) is 23.8 Å². The highest BCUT2D eigenvalue weighted by Crippen LogP contribution is 2.27. The standard InChI is InChI=1S/C19H21ClN6O3S/c1-26-8-13-14(9-26)30-19(24-13)18(29)23-12-4-2-3-11(12)22-16(27)17(28)25-15-6-5-10(20)7-21-15/h5-7,11-12H,2-4,8-9H2,1H3,(H,22,27)(H,23,29)(H,21,25,28)/t11-,12-/m1/s1. The minimum absolute atomic E-state index is 0.235. The summed E-state index contributed by atoms with van der Waals surface area (Å²) >= 11 is 7.17. The van der Waals surface area contributed by atoms with Crippen molar-refractivity contribution in [3.8, 4) is 0 Å². The number of fused-ring (bicyclic) bond motifs is 1. The Bertz CT molecular complexity index is 956. The summed E-state index contributed by atoms with van der Waals surface area (Å²) in [6.07, 6.45) is 3.63. The number of anilines is 1. The van der Waals surface area contributed by atoms with E-state index in [0.717, 1.165) is 36.5 Å². The minimum atomic E-state index is -0.817. The molecule has 2 aromatic heterocycles. The Balaban J connectivity index is 1.32. The van der Waals surface area contributed by atoms with Crippen LogP contribution < -0.4 is 16.0 Å². The number of aromatic nitrogens is 2. The lowest BCUT2D eigenvalue weighted by Crippen LogP contribution is -2.51. The van der Waals surface area contributed by atoms with Crippen LogP contribution in [0.2, 0.25) is 5.02 Å². The Morgan fingerprint density at radius 1 is 1.13 bits per heavy atom. The maximum absolute atomic E-state index is 12.6. The minimum Gasteiger partial charge on any atom is -0.345 e. The fourth-order valence-electron chi connectivity index (χ4n) is 3.68. The molecule has 0 bridgehead atoms. The monoisotopic (exact) mass is 448 g/mol. The largest absolute Gasteiger partial charge is 0.345 e. The van der Waals surface area contributed by atoms with E-state index in [4.69, 9.17) is 11.6 Å². The Kier molecular flexibility index (Phi) is 5.98. The zero-order valence-corrected chi connectivity index (χ0v) is 17.8. The van der Waals surface area contributed by atoms with Crippen molar-refractivity contribution in [3.63, 3.8) is 0 Å². The van der Waals surface area contributed by atoms with Crippen LogP contribution in [0.5, 0.6) is 0 Å². The number of thiazole rings is 1. The average molecular weight is 449 g/mol. The average Bonchev–Trinajstić information content (AvgIpc) is 3.38. The Morgan fingerprint density at radius 3 is 2.60 bits per heavy atom. The lowest BCUT2D eigenvalue weighted by Gasteiger charge is -2.21. The zero-order valence-electron chi connectivity index (χ0n) is 16.3. The number of carbonyl (C=O) groups is 3. The lowest BCUT2D eigenvalue weighted by atomic mass is 10.1. The van der Waals surface area contributed by atoms with Crippen molar-refractivity contribution in [2.24, 2.45) is 0 Å². The summed E-state index contributed by atoms with van der Waals surface area (Å²) in [5.41, 5.74) is 0.955. The number of pyridine rings is 1. The Morgan fingerprint density at radius 2 is 1.90 bits per heavy atom. The summed E-state index contributed by atoms with van der Waals surface area (Å²) < 4.78 is 0. The molecular formula is C19H21ClN6O3S. The van der Waals surface area contributed by atoms with E-state index < -0.39 is 11.8 Å². The van der Waals surface area contributed by atoms with Gasteiger partial charge in [-0.1, -0.05) is 11.6 Å². The molecule has 1 saturated carbocycles. The Labute approximate surface area is 182 Å². The van der Waals surface area contributed by atoms with Crippen molar-refractivity contribution in [1.82, 2.24) is 25.5 Å². The first-order valence-electron chi connectivity index (χ1n) is 9.60. The molecule has 2 aliphatic rings. The van der Waals surface area contributed by atoms with E-state index in [1.807, 2.05) is 7.05 Å². The number of carbonyl (C=O) groups excluding carboxylic acids is 3. The molecule has 158 valence electrons. The number of amides is 3. The molecule has 0 spiro atoms. The van der Waals surface area contributed by atoms with Gasteiger partial charge >= 0.3 is 11.8 Å². The third kappa shape index (κ3) is 4.61. The second-order valence-corrected chi connectivity index (χ2v) is 8.99. The number of halogens is 1. The third-order valence-electron chi connectivity index (χ3n) is 5.13. The number of nitrogens with one attached hydrogen (secondary N) is 3. The molecular weight excluding hydrogens is 428 g/mol. The molecule has 0 saturated heterocycles. The van der Waals surface area contributed by atoms with E-state index in [1.165, 1.54) is 23.6 Å². The molecule has 0 aromatic carbocycles. The third-order valence-corrected chi connectivity index (χ3v) is 6.43. The molecule has 9 nitrogen and oxygen atoms in total. The van der Waals surface area contributed by atoms with E-state index in [2.05, 4.69) is 30.8 Å². The van der Waals surface area contributed by atoms with E-state index in [0.29, 0.717) is 16.5 Å². The summed E-state index contributed by atoms with van der Waals surface area (Å²) in [5, 5.41) is 8.99. The molecule has 0 unspecified atom stereocenters. The highest BCUT2D eigenvalue weighted by Gasteiger charge is 2.33. The van der Waals surface area contributed by atoms with Crippen LogP contribution in [-0.4, -0.2) is 51.7 Å². The van der Waals surface area contributed by atoms with Crippen LogP contribution in [-0.2, 0) is 22.7 Å². The van der Waals surface area contributed by atoms with Gasteiger partial charge in [0.15, 0.2) is 5.01 Å². The molecule has 2 aromatic rings. The summed E-state index contributed by atoms with van der Waals surface area (Å²) in [6.45, 7) is 1.55. The van der Waals surface area contributed by atoms with E-state index in [1.54, 1.807) is 6.07 Å². The normalized spacial score (nSPS) is 20.6. The summed E-state index contributed by atoms with van der Waals surface area (Å²) in [7, 11) is 2.01. The van der Waals surface area contributed by atoms with Crippen LogP contribution in [0.1, 0.15) is 39.6 Å². The second kappa shape index (κ2) is 8.66.